The number of para-hydroxylation sites is 1. The maximum Gasteiger partial charge on any atom is 0.121 e. The summed E-state index contributed by atoms with van der Waals surface area (Å²) in [6.07, 6.45) is 6.99. The van der Waals surface area contributed by atoms with Crippen molar-refractivity contribution < 1.29 is 0 Å². The smallest absolute Gasteiger partial charge is 0.121 e. The van der Waals surface area contributed by atoms with Gasteiger partial charge in [0.25, 0.3) is 0 Å². The summed E-state index contributed by atoms with van der Waals surface area (Å²) in [6.45, 7) is 8.25. The number of aryl methyl sites for hydroxylation is 2. The molecule has 1 aromatic carbocycles. The van der Waals surface area contributed by atoms with Crippen LogP contribution >= 0.6 is 0 Å². The third-order valence-electron chi connectivity index (χ3n) is 6.02. The van der Waals surface area contributed by atoms with E-state index in [0.717, 1.165) is 56.1 Å². The molecule has 2 aliphatic rings. The zero-order chi connectivity index (χ0) is 20.8. The number of H-pyrrole nitrogens is 1. The van der Waals surface area contributed by atoms with Crippen LogP contribution in [0.15, 0.2) is 36.5 Å². The fourth-order valence-electron chi connectivity index (χ4n) is 4.23. The van der Waals surface area contributed by atoms with Gasteiger partial charge in [-0.05, 0) is 63.0 Å². The molecular weight excluding hydrogens is 372 g/mol. The minimum Gasteiger partial charge on any atom is -0.367 e. The number of pyridine rings is 1. The van der Waals surface area contributed by atoms with Gasteiger partial charge in [0.2, 0.25) is 0 Å². The van der Waals surface area contributed by atoms with E-state index in [2.05, 4.69) is 63.3 Å². The Morgan fingerprint density at radius 1 is 1.03 bits per heavy atom. The lowest BCUT2D eigenvalue weighted by molar-refractivity contribution is 0.313. The van der Waals surface area contributed by atoms with Crippen LogP contribution in [0.5, 0.6) is 0 Å². The van der Waals surface area contributed by atoms with Crippen molar-refractivity contribution >= 4 is 16.7 Å². The highest BCUT2D eigenvalue weighted by Crippen LogP contribution is 2.26. The second kappa shape index (κ2) is 10.0. The van der Waals surface area contributed by atoms with Gasteiger partial charge in [-0.3, -0.25) is 4.98 Å². The summed E-state index contributed by atoms with van der Waals surface area (Å²) in [5, 5.41) is 3.32. The quantitative estimate of drug-likeness (QED) is 0.696. The molecule has 1 aliphatic heterocycles. The topological polar surface area (TPSA) is 60.1 Å². The van der Waals surface area contributed by atoms with Gasteiger partial charge in [-0.25, -0.2) is 4.98 Å². The molecule has 0 bridgehead atoms. The summed E-state index contributed by atoms with van der Waals surface area (Å²) in [5.74, 6) is 1.02. The summed E-state index contributed by atoms with van der Waals surface area (Å²) in [6, 6.07) is 10.6. The molecule has 0 saturated carbocycles. The molecule has 5 rings (SSSR count). The molecule has 6 heteroatoms. The number of rotatable bonds is 4. The zero-order valence-electron chi connectivity index (χ0n) is 18.3. The van der Waals surface area contributed by atoms with Crippen LogP contribution in [-0.2, 0) is 19.4 Å². The molecule has 1 saturated heterocycles. The zero-order valence-corrected chi connectivity index (χ0v) is 18.3. The second-order valence-electron chi connectivity index (χ2n) is 8.24. The van der Waals surface area contributed by atoms with Crippen LogP contribution in [0.2, 0.25) is 0 Å². The fourth-order valence-corrected chi connectivity index (χ4v) is 4.23. The van der Waals surface area contributed by atoms with Crippen molar-refractivity contribution in [3.05, 3.63) is 53.6 Å². The van der Waals surface area contributed by atoms with E-state index < -0.39 is 0 Å². The number of hydrogen-bond donors (Lipinski definition) is 2. The van der Waals surface area contributed by atoms with Crippen molar-refractivity contribution in [2.75, 3.05) is 44.7 Å². The van der Waals surface area contributed by atoms with Crippen LogP contribution < -0.4 is 10.2 Å². The van der Waals surface area contributed by atoms with Gasteiger partial charge in [0, 0.05) is 38.1 Å². The van der Waals surface area contributed by atoms with Crippen LogP contribution in [0.1, 0.15) is 36.8 Å². The van der Waals surface area contributed by atoms with Gasteiger partial charge in [0.15, 0.2) is 0 Å². The van der Waals surface area contributed by atoms with Gasteiger partial charge in [-0.1, -0.05) is 19.1 Å². The highest BCUT2D eigenvalue weighted by Gasteiger charge is 2.17. The van der Waals surface area contributed by atoms with Crippen LogP contribution in [0.3, 0.4) is 0 Å². The number of hydrogen-bond acceptors (Lipinski definition) is 5. The highest BCUT2D eigenvalue weighted by atomic mass is 15.3. The Balaban J connectivity index is 0.000000181. The number of piperazine rings is 1. The Morgan fingerprint density at radius 2 is 1.87 bits per heavy atom. The highest BCUT2D eigenvalue weighted by molar-refractivity contribution is 5.89. The van der Waals surface area contributed by atoms with Crippen molar-refractivity contribution in [1.29, 1.82) is 0 Å². The van der Waals surface area contributed by atoms with E-state index in [4.69, 9.17) is 4.98 Å². The lowest BCUT2D eigenvalue weighted by Crippen LogP contribution is -2.44. The van der Waals surface area contributed by atoms with Gasteiger partial charge < -0.3 is 20.1 Å². The van der Waals surface area contributed by atoms with Crippen LogP contribution in [0.4, 0.5) is 5.69 Å². The molecule has 30 heavy (non-hydrogen) atoms. The SMILES string of the molecule is CCNCc1nc2c(N3CCN(C)CC3)cccc2[nH]1.c1cnc2c(c1)CCCC2. The summed E-state index contributed by atoms with van der Waals surface area (Å²) in [4.78, 5) is 17.3. The number of aromatic nitrogens is 3. The predicted octanol–water partition coefficient (Wildman–Crippen LogP) is 3.38. The van der Waals surface area contributed by atoms with E-state index in [1.165, 1.54) is 42.6 Å². The Morgan fingerprint density at radius 3 is 2.67 bits per heavy atom. The van der Waals surface area contributed by atoms with Gasteiger partial charge in [0.05, 0.1) is 17.7 Å². The molecular formula is C24H34N6. The lowest BCUT2D eigenvalue weighted by atomic mass is 9.96. The maximum atomic E-state index is 4.77. The molecule has 0 atom stereocenters. The van der Waals surface area contributed by atoms with Crippen LogP contribution in [0, 0.1) is 0 Å². The average molecular weight is 407 g/mol. The first-order valence-electron chi connectivity index (χ1n) is 11.3. The van der Waals surface area contributed by atoms with E-state index in [9.17, 15) is 0 Å². The predicted molar refractivity (Wildman–Crippen MR) is 124 cm³/mol. The van der Waals surface area contributed by atoms with Gasteiger partial charge in [-0.15, -0.1) is 0 Å². The molecule has 160 valence electrons. The number of fused-ring (bicyclic) bond motifs is 2. The first-order valence-corrected chi connectivity index (χ1v) is 11.3. The Labute approximate surface area is 179 Å². The molecule has 2 aromatic heterocycles. The minimum absolute atomic E-state index is 0.799. The van der Waals surface area contributed by atoms with Crippen molar-refractivity contribution in [2.45, 2.75) is 39.2 Å². The number of aromatic amines is 1. The number of benzene rings is 1. The summed E-state index contributed by atoms with van der Waals surface area (Å²) >= 11 is 0. The van der Waals surface area contributed by atoms with Gasteiger partial charge in [-0.2, -0.15) is 0 Å². The number of anilines is 1. The third kappa shape index (κ3) is 4.99. The molecule has 0 spiro atoms. The Bertz CT molecular complexity index is 917. The van der Waals surface area contributed by atoms with E-state index in [1.54, 1.807) is 0 Å². The minimum atomic E-state index is 0.799. The van der Waals surface area contributed by atoms with Crippen molar-refractivity contribution in [3.63, 3.8) is 0 Å². The summed E-state index contributed by atoms with van der Waals surface area (Å²) in [7, 11) is 2.18. The number of nitrogens with one attached hydrogen (secondary N) is 2. The lowest BCUT2D eigenvalue weighted by Gasteiger charge is -2.34. The maximum absolute atomic E-state index is 4.77. The standard InChI is InChI=1S/C15H23N5.C9H11N/c1-3-16-11-14-17-12-5-4-6-13(15(12)18-14)20-9-7-19(2)8-10-20;1-2-6-9-8(4-1)5-3-7-10-9/h4-6,16H,3,7-11H2,1-2H3,(H,17,18);3,5,7H,1-2,4,6H2. The average Bonchev–Trinajstić information content (AvgIpc) is 3.22. The van der Waals surface area contributed by atoms with E-state index in [-0.39, 0.29) is 0 Å². The molecule has 1 aliphatic carbocycles. The molecule has 2 N–H and O–H groups in total. The van der Waals surface area contributed by atoms with Gasteiger partial charge in [0.1, 0.15) is 11.3 Å². The van der Waals surface area contributed by atoms with E-state index in [1.807, 2.05) is 12.3 Å². The molecule has 6 nitrogen and oxygen atoms in total. The third-order valence-corrected chi connectivity index (χ3v) is 6.02. The molecule has 3 aromatic rings. The molecule has 0 radical (unpaired) electrons. The number of likely N-dealkylation sites (N-methyl/N-ethyl adjacent to an activating group) is 1. The molecule has 1 fully saturated rings. The largest absolute Gasteiger partial charge is 0.367 e. The number of imidazole rings is 1. The first-order chi connectivity index (χ1) is 14.7. The Hall–Kier alpha value is -2.44. The Kier molecular flexibility index (Phi) is 6.97. The van der Waals surface area contributed by atoms with Crippen LogP contribution in [-0.4, -0.2) is 59.6 Å². The number of nitrogens with zero attached hydrogens (tertiary/aromatic N) is 4. The molecule has 0 unspecified atom stereocenters. The molecule has 0 amide bonds. The van der Waals surface area contributed by atoms with Crippen molar-refractivity contribution in [2.24, 2.45) is 0 Å². The van der Waals surface area contributed by atoms with E-state index in [0.29, 0.717) is 0 Å². The molecule has 3 heterocycles. The monoisotopic (exact) mass is 406 g/mol. The second-order valence-corrected chi connectivity index (χ2v) is 8.24. The fraction of sp³-hybridized carbons (Fsp3) is 0.500. The van der Waals surface area contributed by atoms with Gasteiger partial charge >= 0.3 is 0 Å². The summed E-state index contributed by atoms with van der Waals surface area (Å²) in [5.41, 5.74) is 6.29. The van der Waals surface area contributed by atoms with Crippen molar-refractivity contribution in [3.8, 4) is 0 Å². The summed E-state index contributed by atoms with van der Waals surface area (Å²) < 4.78 is 0. The van der Waals surface area contributed by atoms with Crippen LogP contribution in [0.25, 0.3) is 11.0 Å². The van der Waals surface area contributed by atoms with Crippen molar-refractivity contribution in [1.82, 2.24) is 25.2 Å². The normalized spacial score (nSPS) is 16.8. The first kappa shape index (κ1) is 20.8. The van der Waals surface area contributed by atoms with E-state index >= 15 is 0 Å².